The first-order chi connectivity index (χ1) is 13.8. The summed E-state index contributed by atoms with van der Waals surface area (Å²) in [5.41, 5.74) is 0.0475. The number of alkyl halides is 3. The van der Waals surface area contributed by atoms with Crippen molar-refractivity contribution in [3.63, 3.8) is 0 Å². The molecule has 154 valence electrons. The topological polar surface area (TPSA) is 87.7 Å². The third-order valence-corrected chi connectivity index (χ3v) is 4.52. The quantitative estimate of drug-likeness (QED) is 0.729. The van der Waals surface area contributed by atoms with E-state index < -0.39 is 17.6 Å². The van der Waals surface area contributed by atoms with Crippen molar-refractivity contribution >= 4 is 12.1 Å². The highest BCUT2D eigenvalue weighted by Gasteiger charge is 2.30. The van der Waals surface area contributed by atoms with Gasteiger partial charge in [-0.25, -0.2) is 4.99 Å². The molecule has 1 aromatic carbocycles. The van der Waals surface area contributed by atoms with Crippen molar-refractivity contribution in [3.8, 4) is 0 Å². The van der Waals surface area contributed by atoms with E-state index in [1.807, 2.05) is 6.08 Å². The van der Waals surface area contributed by atoms with Gasteiger partial charge in [-0.05, 0) is 49.3 Å². The number of aliphatic hydroxyl groups excluding tert-OH is 1. The van der Waals surface area contributed by atoms with Crippen molar-refractivity contribution < 1.29 is 27.6 Å². The molecule has 3 rings (SSSR count). The van der Waals surface area contributed by atoms with Crippen LogP contribution in [0.3, 0.4) is 0 Å². The molecule has 1 aliphatic rings. The molecule has 2 N–H and O–H groups in total. The van der Waals surface area contributed by atoms with Gasteiger partial charge in [0, 0.05) is 12.3 Å². The second-order valence-corrected chi connectivity index (χ2v) is 6.74. The summed E-state index contributed by atoms with van der Waals surface area (Å²) in [6, 6.07) is 6.71. The third-order valence-electron chi connectivity index (χ3n) is 4.52. The van der Waals surface area contributed by atoms with E-state index in [9.17, 15) is 18.0 Å². The molecule has 0 spiro atoms. The van der Waals surface area contributed by atoms with Gasteiger partial charge in [-0.1, -0.05) is 23.4 Å². The van der Waals surface area contributed by atoms with Gasteiger partial charge in [-0.2, -0.15) is 13.2 Å². The number of carbonyl (C=O) groups is 1. The molecule has 0 saturated carbocycles. The van der Waals surface area contributed by atoms with Crippen LogP contribution in [-0.2, 0) is 19.2 Å². The zero-order valence-electron chi connectivity index (χ0n) is 15.4. The van der Waals surface area contributed by atoms with E-state index in [4.69, 9.17) is 9.63 Å². The summed E-state index contributed by atoms with van der Waals surface area (Å²) < 4.78 is 43.2. The molecule has 2 heterocycles. The molecular formula is C20H20F3N3O3. The van der Waals surface area contributed by atoms with E-state index in [2.05, 4.69) is 15.5 Å². The first-order valence-electron chi connectivity index (χ1n) is 9.13. The number of aromatic nitrogens is 1. The predicted octanol–water partition coefficient (Wildman–Crippen LogP) is 3.87. The number of nitrogens with one attached hydrogen (secondary N) is 1. The number of nitrogens with zero attached hydrogens (tertiary/aromatic N) is 2. The summed E-state index contributed by atoms with van der Waals surface area (Å²) in [5, 5.41) is 15.2. The molecule has 0 fully saturated rings. The van der Waals surface area contributed by atoms with Gasteiger partial charge in [0.15, 0.2) is 11.5 Å². The minimum atomic E-state index is -4.34. The predicted molar refractivity (Wildman–Crippen MR) is 99.0 cm³/mol. The van der Waals surface area contributed by atoms with Gasteiger partial charge in [-0.15, -0.1) is 0 Å². The number of amides is 1. The second-order valence-electron chi connectivity index (χ2n) is 6.74. The fraction of sp³-hybridized carbons (Fsp3) is 0.350. The molecule has 1 atom stereocenters. The fourth-order valence-electron chi connectivity index (χ4n) is 3.04. The van der Waals surface area contributed by atoms with Crippen LogP contribution in [0.4, 0.5) is 13.2 Å². The number of aryl methyl sites for hydroxylation is 1. The number of aliphatic hydroxyl groups is 1. The van der Waals surface area contributed by atoms with E-state index in [1.54, 1.807) is 12.3 Å². The van der Waals surface area contributed by atoms with Crippen LogP contribution in [0.25, 0.3) is 0 Å². The van der Waals surface area contributed by atoms with Gasteiger partial charge in [0.1, 0.15) is 12.4 Å². The Bertz CT molecular complexity index is 919. The minimum Gasteiger partial charge on any atom is -0.388 e. The van der Waals surface area contributed by atoms with Crippen molar-refractivity contribution in [2.45, 2.75) is 38.5 Å². The molecule has 29 heavy (non-hydrogen) atoms. The van der Waals surface area contributed by atoms with E-state index in [1.165, 1.54) is 18.2 Å². The van der Waals surface area contributed by atoms with Crippen LogP contribution < -0.4 is 5.32 Å². The van der Waals surface area contributed by atoms with Gasteiger partial charge < -0.3 is 14.9 Å². The van der Waals surface area contributed by atoms with E-state index >= 15 is 0 Å². The van der Waals surface area contributed by atoms with Gasteiger partial charge in [0.05, 0.1) is 5.56 Å². The number of allylic oxidation sites excluding steroid dienone is 1. The van der Waals surface area contributed by atoms with Gasteiger partial charge in [0.2, 0.25) is 0 Å². The lowest BCUT2D eigenvalue weighted by Gasteiger charge is -2.16. The zero-order valence-corrected chi connectivity index (χ0v) is 15.4. The lowest BCUT2D eigenvalue weighted by atomic mass is 9.95. The zero-order chi connectivity index (χ0) is 20.9. The van der Waals surface area contributed by atoms with Crippen molar-refractivity contribution in [2.24, 2.45) is 10.9 Å². The van der Waals surface area contributed by atoms with Crippen molar-refractivity contribution in [1.29, 1.82) is 0 Å². The Morgan fingerprint density at radius 1 is 1.31 bits per heavy atom. The first-order valence-corrected chi connectivity index (χ1v) is 9.13. The maximum atomic E-state index is 12.8. The number of rotatable bonds is 7. The maximum absolute atomic E-state index is 12.8. The largest absolute Gasteiger partial charge is 0.416 e. The van der Waals surface area contributed by atoms with Crippen LogP contribution in [-0.4, -0.2) is 22.4 Å². The Morgan fingerprint density at radius 3 is 2.86 bits per heavy atom. The Hall–Kier alpha value is -2.94. The first kappa shape index (κ1) is 20.8. The van der Waals surface area contributed by atoms with Gasteiger partial charge >= 0.3 is 6.18 Å². The molecule has 1 aliphatic heterocycles. The number of benzene rings is 1. The molecule has 1 aromatic heterocycles. The van der Waals surface area contributed by atoms with Gasteiger partial charge in [0.25, 0.3) is 5.91 Å². The molecule has 1 unspecified atom stereocenters. The summed E-state index contributed by atoms with van der Waals surface area (Å²) in [5.74, 6) is 0.197. The highest BCUT2D eigenvalue weighted by molar-refractivity contribution is 5.93. The third kappa shape index (κ3) is 5.77. The molecule has 9 heteroatoms. The summed E-state index contributed by atoms with van der Waals surface area (Å²) >= 11 is 0. The molecule has 0 bridgehead atoms. The number of aliphatic imine (C=N–C) groups is 1. The Balaban J connectivity index is 1.52. The van der Waals surface area contributed by atoms with Crippen molar-refractivity contribution in [1.82, 2.24) is 10.5 Å². The molecule has 6 nitrogen and oxygen atoms in total. The second kappa shape index (κ2) is 9.04. The summed E-state index contributed by atoms with van der Waals surface area (Å²) in [4.78, 5) is 16.3. The van der Waals surface area contributed by atoms with Crippen LogP contribution in [0.2, 0.25) is 0 Å². The number of hydrogen-bond acceptors (Lipinski definition) is 5. The molecule has 0 radical (unpaired) electrons. The molecule has 0 aliphatic carbocycles. The Kier molecular flexibility index (Phi) is 6.48. The van der Waals surface area contributed by atoms with Crippen LogP contribution in [0.1, 0.15) is 46.6 Å². The summed E-state index contributed by atoms with van der Waals surface area (Å²) in [6.45, 7) is -0.352. The number of hydrogen-bond donors (Lipinski definition) is 2. The van der Waals surface area contributed by atoms with Crippen LogP contribution in [0, 0.1) is 5.92 Å². The Morgan fingerprint density at radius 2 is 2.14 bits per heavy atom. The fourth-order valence-corrected chi connectivity index (χ4v) is 3.04. The smallest absolute Gasteiger partial charge is 0.388 e. The summed E-state index contributed by atoms with van der Waals surface area (Å²) in [6.07, 6.45) is 1.88. The highest BCUT2D eigenvalue weighted by Crippen LogP contribution is 2.30. The molecule has 2 aromatic rings. The average Bonchev–Trinajstić information content (AvgIpc) is 3.17. The number of carbonyl (C=O) groups excluding carboxylic acids is 1. The van der Waals surface area contributed by atoms with E-state index in [-0.39, 0.29) is 24.0 Å². The lowest BCUT2D eigenvalue weighted by Crippen LogP contribution is -2.24. The highest BCUT2D eigenvalue weighted by atomic mass is 19.4. The van der Waals surface area contributed by atoms with Crippen molar-refractivity contribution in [2.75, 3.05) is 0 Å². The SMILES string of the molecule is O=C(NC1=CC(CCCc2cccc(C(F)(F)F)c2)CC=N1)c1cc(CO)on1. The molecular weight excluding hydrogens is 387 g/mol. The normalized spacial score (nSPS) is 16.6. The molecule has 0 saturated heterocycles. The standard InChI is InChI=1S/C20H20F3N3O3/c21-20(22,23)15-6-2-5-13(9-15)3-1-4-14-7-8-24-18(10-14)25-19(28)17-11-16(12-27)29-26-17/h2,5-6,8-11,14,27H,1,3-4,7,12H2,(H,25,28). The molecule has 1 amide bonds. The number of halogens is 3. The average molecular weight is 407 g/mol. The lowest BCUT2D eigenvalue weighted by molar-refractivity contribution is -0.137. The maximum Gasteiger partial charge on any atom is 0.416 e. The van der Waals surface area contributed by atoms with E-state index in [0.29, 0.717) is 30.6 Å². The van der Waals surface area contributed by atoms with Crippen LogP contribution in [0.15, 0.2) is 51.7 Å². The van der Waals surface area contributed by atoms with Crippen molar-refractivity contribution in [3.05, 3.63) is 64.8 Å². The van der Waals surface area contributed by atoms with Gasteiger partial charge in [-0.3, -0.25) is 4.79 Å². The van der Waals surface area contributed by atoms with E-state index in [0.717, 1.165) is 12.5 Å². The van der Waals surface area contributed by atoms with Crippen LogP contribution in [0.5, 0.6) is 0 Å². The van der Waals surface area contributed by atoms with Crippen LogP contribution >= 0.6 is 0 Å². The minimum absolute atomic E-state index is 0.0387. The Labute approximate surface area is 165 Å². The summed E-state index contributed by atoms with van der Waals surface area (Å²) in [7, 11) is 0. The monoisotopic (exact) mass is 407 g/mol.